The van der Waals surface area contributed by atoms with Crippen molar-refractivity contribution in [2.45, 2.75) is 0 Å². The predicted molar refractivity (Wildman–Crippen MR) is 22.4 cm³/mol. The molecule has 0 aliphatic rings. The topological polar surface area (TPSA) is 86.4 Å². The Hall–Kier alpha value is 0.470. The zero-order valence-corrected chi connectivity index (χ0v) is 7.03. The Labute approximate surface area is 61.7 Å². The van der Waals surface area contributed by atoms with Crippen LogP contribution in [0.15, 0.2) is 0 Å². The maximum atomic E-state index is 8.40. The second kappa shape index (κ2) is 89.6. The average molecular weight is 143 g/mol. The van der Waals surface area contributed by atoms with Crippen molar-refractivity contribution in [3.05, 3.63) is 0 Å². The van der Waals surface area contributed by atoms with Gasteiger partial charge in [-0.15, -0.1) is 0 Å². The van der Waals surface area contributed by atoms with Gasteiger partial charge in [0.2, 0.25) is 0 Å². The number of hydrogen-bond donors (Lipinski definition) is 0. The van der Waals surface area contributed by atoms with Gasteiger partial charge in [-0.1, -0.05) is 0 Å². The number of hydrogen-bond acceptors (Lipinski definition) is 3. The Balaban J connectivity index is -0.0000000105. The molecule has 0 heterocycles. The summed E-state index contributed by atoms with van der Waals surface area (Å²) in [6, 6.07) is 0. The van der Waals surface area contributed by atoms with Crippen molar-refractivity contribution in [1.82, 2.24) is 0 Å². The molecule has 0 radical (unpaired) electrons. The van der Waals surface area contributed by atoms with Crippen molar-refractivity contribution < 1.29 is 14.4 Å². The summed E-state index contributed by atoms with van der Waals surface area (Å²) in [4.78, 5) is 6.92. The molecule has 0 spiro atoms. The van der Waals surface area contributed by atoms with E-state index in [1.807, 2.05) is 0 Å². The van der Waals surface area contributed by atoms with Gasteiger partial charge in [-0.05, 0) is 0 Å². The molecule has 0 rings (SSSR count). The van der Waals surface area contributed by atoms with Gasteiger partial charge >= 0.3 is 32.3 Å². The molecule has 0 aliphatic heterocycles. The van der Waals surface area contributed by atoms with Crippen LogP contribution in [0.25, 0.3) is 0 Å². The van der Waals surface area contributed by atoms with E-state index in [0.29, 0.717) is 0 Å². The van der Waals surface area contributed by atoms with Gasteiger partial charge in [0.25, 0.3) is 0 Å². The zero-order valence-electron chi connectivity index (χ0n) is 3.46. The van der Waals surface area contributed by atoms with Crippen molar-refractivity contribution in [2.75, 3.05) is 0 Å². The Morgan fingerprint density at radius 3 is 1.29 bits per heavy atom. The third-order valence-corrected chi connectivity index (χ3v) is 0. The van der Waals surface area contributed by atoms with E-state index in [-0.39, 0.29) is 28.5 Å². The summed E-state index contributed by atoms with van der Waals surface area (Å²) in [6.45, 7) is 0. The SMILES string of the molecule is N#[SiH].O=[Si]=O.[Mg+2].[O-2]. The standard InChI is InChI=1S/Mg.HNSi.O2Si.O/c;1-2;1-3-2;/h;2H;;/q+2;;;-2. The summed E-state index contributed by atoms with van der Waals surface area (Å²) >= 11 is 0. The van der Waals surface area contributed by atoms with Gasteiger partial charge in [-0.3, -0.25) is 13.8 Å². The largest absolute Gasteiger partial charge is 2.00 e. The molecule has 0 amide bonds. The average Bonchev–Trinajstić information content (AvgIpc) is 1.46. The Morgan fingerprint density at radius 1 is 1.29 bits per heavy atom. The van der Waals surface area contributed by atoms with Crippen molar-refractivity contribution in [2.24, 2.45) is 0 Å². The first-order valence-electron chi connectivity index (χ1n) is 0.666. The van der Waals surface area contributed by atoms with E-state index < -0.39 is 9.29 Å². The van der Waals surface area contributed by atoms with Crippen LogP contribution in [0.4, 0.5) is 0 Å². The molecule has 0 bridgehead atoms. The second-order valence-corrected chi connectivity index (χ2v) is 0.250. The number of nitrogens with zero attached hydrogens (tertiary/aromatic N) is 1. The van der Waals surface area contributed by atoms with Crippen LogP contribution in [0, 0.1) is 4.89 Å². The molecular weight excluding hydrogens is 142 g/mol. The van der Waals surface area contributed by atoms with Crippen LogP contribution in [-0.2, 0) is 14.4 Å². The molecule has 0 saturated heterocycles. The van der Waals surface area contributed by atoms with Gasteiger partial charge in [-0.2, -0.15) is 0 Å². The first kappa shape index (κ1) is 26.0. The summed E-state index contributed by atoms with van der Waals surface area (Å²) in [6.07, 6.45) is 0. The molecule has 4 nitrogen and oxygen atoms in total. The van der Waals surface area contributed by atoms with E-state index >= 15 is 0 Å². The fraction of sp³-hybridized carbons (Fsp3) is 0. The van der Waals surface area contributed by atoms with Crippen LogP contribution >= 0.6 is 0 Å². The number of rotatable bonds is 0. The molecule has 0 aromatic carbocycles. The minimum atomic E-state index is -1.42. The van der Waals surface area contributed by atoms with Crippen LogP contribution < -0.4 is 0 Å². The third kappa shape index (κ3) is 585. The fourth-order valence-corrected chi connectivity index (χ4v) is 0. The molecule has 0 unspecified atom stereocenters. The van der Waals surface area contributed by atoms with Crippen molar-refractivity contribution in [3.63, 3.8) is 0 Å². The van der Waals surface area contributed by atoms with Crippen molar-refractivity contribution >= 4 is 42.2 Å². The van der Waals surface area contributed by atoms with Crippen LogP contribution in [0.2, 0.25) is 0 Å². The molecular formula is HMgNO3Si2. The molecule has 0 fully saturated rings. The molecule has 7 heteroatoms. The third-order valence-electron chi connectivity index (χ3n) is 0. The maximum absolute atomic E-state index is 8.40. The molecule has 0 aromatic heterocycles. The zero-order chi connectivity index (χ0) is 4.71. The molecule has 0 atom stereocenters. The minimum Gasteiger partial charge on any atom is -2.00 e. The minimum absolute atomic E-state index is 0. The maximum Gasteiger partial charge on any atom is 2.00 e. The van der Waals surface area contributed by atoms with Crippen LogP contribution in [-0.4, -0.2) is 42.2 Å². The molecule has 7 heavy (non-hydrogen) atoms. The summed E-state index contributed by atoms with van der Waals surface area (Å²) in [5, 5.41) is 0. The van der Waals surface area contributed by atoms with Crippen molar-refractivity contribution in [3.8, 4) is 0 Å². The molecule has 34 valence electrons. The van der Waals surface area contributed by atoms with E-state index in [2.05, 4.69) is 0 Å². The van der Waals surface area contributed by atoms with Gasteiger partial charge in [0, 0.05) is 0 Å². The van der Waals surface area contributed by atoms with Gasteiger partial charge in [0.1, 0.15) is 0 Å². The van der Waals surface area contributed by atoms with E-state index in [1.165, 1.54) is 9.88 Å². The van der Waals surface area contributed by atoms with E-state index in [1.54, 1.807) is 0 Å². The van der Waals surface area contributed by atoms with Gasteiger partial charge in [-0.25, -0.2) is 0 Å². The van der Waals surface area contributed by atoms with Gasteiger partial charge < -0.3 is 5.48 Å². The van der Waals surface area contributed by atoms with Crippen LogP contribution in [0.3, 0.4) is 0 Å². The normalized spacial score (nSPS) is 1.43. The smallest absolute Gasteiger partial charge is 2.00 e. The molecule has 0 N–H and O–H groups in total. The molecule has 0 aromatic rings. The monoisotopic (exact) mass is 143 g/mol. The first-order chi connectivity index (χ1) is 2.41. The first-order valence-corrected chi connectivity index (χ1v) is 2.00. The second-order valence-electron chi connectivity index (χ2n) is 0.0833. The summed E-state index contributed by atoms with van der Waals surface area (Å²) in [5.41, 5.74) is 0. The molecule has 0 saturated carbocycles. The Bertz CT molecular complexity index is 55.2. The van der Waals surface area contributed by atoms with E-state index in [4.69, 9.17) is 13.8 Å². The van der Waals surface area contributed by atoms with E-state index in [9.17, 15) is 0 Å². The fourth-order valence-electron chi connectivity index (χ4n) is 0. The summed E-state index contributed by atoms with van der Waals surface area (Å²) < 4.78 is 16.8. The Kier molecular flexibility index (Phi) is 332. The Morgan fingerprint density at radius 2 is 1.29 bits per heavy atom. The van der Waals surface area contributed by atoms with Gasteiger partial charge in [0.05, 0.1) is 0 Å². The summed E-state index contributed by atoms with van der Waals surface area (Å²) in [5.74, 6) is 0. The predicted octanol–water partition coefficient (Wildman–Crippen LogP) is -1.75. The summed E-state index contributed by atoms with van der Waals surface area (Å²) in [7, 11) is -0.000000000000000222. The quantitative estimate of drug-likeness (QED) is 0.377. The molecule has 0 aliphatic carbocycles. The van der Waals surface area contributed by atoms with Crippen molar-refractivity contribution in [1.29, 1.82) is 4.89 Å². The van der Waals surface area contributed by atoms with E-state index in [0.717, 1.165) is 0 Å². The van der Waals surface area contributed by atoms with Crippen LogP contribution in [0.5, 0.6) is 0 Å². The van der Waals surface area contributed by atoms with Crippen LogP contribution in [0.1, 0.15) is 0 Å². The van der Waals surface area contributed by atoms with Gasteiger partial charge in [0.15, 0.2) is 9.88 Å².